The minimum absolute atomic E-state index is 0.0519. The van der Waals surface area contributed by atoms with E-state index in [-0.39, 0.29) is 42.3 Å². The summed E-state index contributed by atoms with van der Waals surface area (Å²) >= 11 is 0. The van der Waals surface area contributed by atoms with Gasteiger partial charge in [-0.05, 0) is 42.8 Å². The molecule has 2 atom stereocenters. The number of benzene rings is 3. The highest BCUT2D eigenvalue weighted by atomic mass is 32.2. The zero-order chi connectivity index (χ0) is 29.1. The third kappa shape index (κ3) is 4.07. The highest BCUT2D eigenvalue weighted by Crippen LogP contribution is 2.47. The molecule has 41 heavy (non-hydrogen) atoms. The summed E-state index contributed by atoms with van der Waals surface area (Å²) in [6.45, 7) is 1.79. The number of nitrogens with one attached hydrogen (secondary N) is 1. The van der Waals surface area contributed by atoms with Gasteiger partial charge in [0.2, 0.25) is 15.9 Å². The number of anilines is 2. The molecule has 210 valence electrons. The molecule has 3 aromatic rings. The molecule has 3 aliphatic rings. The van der Waals surface area contributed by atoms with E-state index in [1.165, 1.54) is 28.6 Å². The predicted molar refractivity (Wildman–Crippen MR) is 148 cm³/mol. The number of barbiturate groups is 1. The van der Waals surface area contributed by atoms with Crippen molar-refractivity contribution in [3.05, 3.63) is 94.0 Å². The molecule has 12 nitrogen and oxygen atoms in total. The Labute approximate surface area is 235 Å². The number of hydrogen-bond acceptors (Lipinski definition) is 8. The van der Waals surface area contributed by atoms with Crippen molar-refractivity contribution in [1.82, 2.24) is 9.62 Å². The molecule has 0 bridgehead atoms. The van der Waals surface area contributed by atoms with Gasteiger partial charge in [0.25, 0.3) is 11.6 Å². The first-order valence-electron chi connectivity index (χ1n) is 12.9. The maximum atomic E-state index is 14.4. The first-order chi connectivity index (χ1) is 19.5. The van der Waals surface area contributed by atoms with Gasteiger partial charge in [-0.25, -0.2) is 18.1 Å². The minimum Gasteiger partial charge on any atom is -0.364 e. The van der Waals surface area contributed by atoms with Crippen molar-refractivity contribution in [3.63, 3.8) is 0 Å². The number of rotatable bonds is 4. The molecule has 0 aromatic heterocycles. The fourth-order valence-electron chi connectivity index (χ4n) is 5.99. The number of carbonyl (C=O) groups excluding carboxylic acids is 3. The summed E-state index contributed by atoms with van der Waals surface area (Å²) in [5.41, 5.74) is -0.0804. The van der Waals surface area contributed by atoms with Gasteiger partial charge in [-0.15, -0.1) is 0 Å². The normalized spacial score (nSPS) is 22.8. The van der Waals surface area contributed by atoms with E-state index in [4.69, 9.17) is 0 Å². The van der Waals surface area contributed by atoms with E-state index in [0.29, 0.717) is 11.3 Å². The Bertz CT molecular complexity index is 1710. The van der Waals surface area contributed by atoms with Crippen LogP contribution in [0.25, 0.3) is 0 Å². The fraction of sp³-hybridized carbons (Fsp3) is 0.250. The predicted octanol–water partition coefficient (Wildman–Crippen LogP) is 2.61. The third-order valence-electron chi connectivity index (χ3n) is 8.05. The summed E-state index contributed by atoms with van der Waals surface area (Å²) in [5.74, 6) is -1.69. The number of nitro benzene ring substituents is 1. The lowest BCUT2D eigenvalue weighted by molar-refractivity contribution is -0.384. The Kier molecular flexibility index (Phi) is 6.16. The molecule has 1 N–H and O–H groups in total. The molecule has 0 unspecified atom stereocenters. The summed E-state index contributed by atoms with van der Waals surface area (Å²) in [7, 11) is -4.00. The molecule has 3 aromatic carbocycles. The second-order valence-corrected chi connectivity index (χ2v) is 12.3. The molecule has 13 heteroatoms. The molecule has 2 fully saturated rings. The van der Waals surface area contributed by atoms with E-state index in [2.05, 4.69) is 5.32 Å². The second-order valence-electron chi connectivity index (χ2n) is 10.3. The van der Waals surface area contributed by atoms with E-state index in [1.807, 2.05) is 6.92 Å². The molecule has 0 saturated carbocycles. The van der Waals surface area contributed by atoms with Gasteiger partial charge in [-0.3, -0.25) is 25.0 Å². The van der Waals surface area contributed by atoms with Gasteiger partial charge in [-0.2, -0.15) is 4.31 Å². The summed E-state index contributed by atoms with van der Waals surface area (Å²) in [6.07, 6.45) is -0.259. The van der Waals surface area contributed by atoms with Crippen LogP contribution in [0.4, 0.5) is 21.9 Å². The van der Waals surface area contributed by atoms with Gasteiger partial charge in [0, 0.05) is 43.9 Å². The number of nitrogens with zero attached hydrogens (tertiary/aromatic N) is 4. The molecule has 0 aliphatic carbocycles. The molecular weight excluding hydrogens is 550 g/mol. The van der Waals surface area contributed by atoms with E-state index in [9.17, 15) is 32.9 Å². The van der Waals surface area contributed by atoms with Crippen LogP contribution < -0.4 is 15.1 Å². The number of urea groups is 1. The monoisotopic (exact) mass is 575 g/mol. The third-order valence-corrected chi connectivity index (χ3v) is 9.93. The molecule has 1 spiro atoms. The van der Waals surface area contributed by atoms with Crippen molar-refractivity contribution in [2.45, 2.75) is 24.3 Å². The number of hydrogen-bond donors (Lipinski definition) is 1. The van der Waals surface area contributed by atoms with Crippen molar-refractivity contribution in [2.24, 2.45) is 5.41 Å². The van der Waals surface area contributed by atoms with Crippen LogP contribution in [0.3, 0.4) is 0 Å². The quantitative estimate of drug-likeness (QED) is 0.283. The molecule has 3 heterocycles. The first kappa shape index (κ1) is 26.6. The number of para-hydroxylation sites is 1. The molecular formula is C28H25N5O7S. The number of imide groups is 2. The Balaban J connectivity index is 1.50. The van der Waals surface area contributed by atoms with Gasteiger partial charge in [0.05, 0.1) is 21.5 Å². The first-order valence-corrected chi connectivity index (χ1v) is 14.3. The molecule has 0 radical (unpaired) electrons. The SMILES string of the molecule is Cc1ccc(S(=O)(=O)N2CCN3c4ccc([N+](=O)[O-])cc4C[C@]4(C(=O)NC(=O)N(c5ccccc5)C4=O)[C@@H]3C2)cc1. The summed E-state index contributed by atoms with van der Waals surface area (Å²) in [5, 5.41) is 13.9. The van der Waals surface area contributed by atoms with E-state index in [1.54, 1.807) is 53.4 Å². The summed E-state index contributed by atoms with van der Waals surface area (Å²) in [6, 6.07) is 16.8. The number of amides is 4. The lowest BCUT2D eigenvalue weighted by Gasteiger charge is -2.54. The van der Waals surface area contributed by atoms with Crippen molar-refractivity contribution in [1.29, 1.82) is 0 Å². The van der Waals surface area contributed by atoms with E-state index < -0.39 is 44.2 Å². The van der Waals surface area contributed by atoms with Crippen LogP contribution in [0.5, 0.6) is 0 Å². The maximum absolute atomic E-state index is 14.4. The van der Waals surface area contributed by atoms with Crippen LogP contribution >= 0.6 is 0 Å². The summed E-state index contributed by atoms with van der Waals surface area (Å²) < 4.78 is 28.6. The van der Waals surface area contributed by atoms with Crippen LogP contribution in [0, 0.1) is 22.5 Å². The largest absolute Gasteiger partial charge is 0.364 e. The number of aryl methyl sites for hydroxylation is 1. The van der Waals surface area contributed by atoms with Gasteiger partial charge < -0.3 is 4.90 Å². The van der Waals surface area contributed by atoms with Gasteiger partial charge in [-0.1, -0.05) is 35.9 Å². The topological polar surface area (TPSA) is 150 Å². The smallest absolute Gasteiger partial charge is 0.335 e. The van der Waals surface area contributed by atoms with Crippen LogP contribution in [0.1, 0.15) is 11.1 Å². The zero-order valence-corrected chi connectivity index (χ0v) is 22.7. The number of fused-ring (bicyclic) bond motifs is 4. The maximum Gasteiger partial charge on any atom is 0.335 e. The van der Waals surface area contributed by atoms with Crippen molar-refractivity contribution >= 4 is 44.9 Å². The van der Waals surface area contributed by atoms with Crippen LogP contribution in [0.15, 0.2) is 77.7 Å². The Hall–Kier alpha value is -4.62. The van der Waals surface area contributed by atoms with Crippen molar-refractivity contribution in [2.75, 3.05) is 29.4 Å². The van der Waals surface area contributed by atoms with Crippen molar-refractivity contribution in [3.8, 4) is 0 Å². The Morgan fingerprint density at radius 2 is 1.68 bits per heavy atom. The number of carbonyl (C=O) groups is 3. The van der Waals surface area contributed by atoms with Gasteiger partial charge in [0.1, 0.15) is 0 Å². The Morgan fingerprint density at radius 1 is 0.976 bits per heavy atom. The molecule has 6 rings (SSSR count). The van der Waals surface area contributed by atoms with E-state index in [0.717, 1.165) is 10.5 Å². The Morgan fingerprint density at radius 3 is 2.37 bits per heavy atom. The molecule has 3 aliphatic heterocycles. The average Bonchev–Trinajstić information content (AvgIpc) is 2.96. The highest BCUT2D eigenvalue weighted by molar-refractivity contribution is 7.89. The van der Waals surface area contributed by atoms with Crippen LogP contribution in [0.2, 0.25) is 0 Å². The average molecular weight is 576 g/mol. The zero-order valence-electron chi connectivity index (χ0n) is 21.9. The number of sulfonamides is 1. The van der Waals surface area contributed by atoms with Gasteiger partial charge in [0.15, 0.2) is 5.41 Å². The lowest BCUT2D eigenvalue weighted by Crippen LogP contribution is -2.75. The number of non-ortho nitro benzene ring substituents is 1. The standard InChI is InChI=1S/C28H25N5O7S/c1-18-7-10-22(11-8-18)41(39,40)30-13-14-31-23-12-9-21(33(37)38)15-19(23)16-28(24(31)17-30)25(34)29-27(36)32(26(28)35)20-5-3-2-4-6-20/h2-12,15,24H,13-14,16-17H2,1H3,(H,29,34,36)/t24-,28+/m0/s1. The summed E-state index contributed by atoms with van der Waals surface area (Å²) in [4.78, 5) is 54.9. The number of nitro groups is 1. The fourth-order valence-corrected chi connectivity index (χ4v) is 7.42. The van der Waals surface area contributed by atoms with Gasteiger partial charge >= 0.3 is 6.03 Å². The lowest BCUT2D eigenvalue weighted by atomic mass is 9.67. The second kappa shape index (κ2) is 9.49. The molecule has 2 saturated heterocycles. The number of piperazine rings is 1. The van der Waals surface area contributed by atoms with Crippen LogP contribution in [-0.4, -0.2) is 61.2 Å². The van der Waals surface area contributed by atoms with E-state index >= 15 is 0 Å². The van der Waals surface area contributed by atoms with Crippen molar-refractivity contribution < 1.29 is 27.7 Å². The highest BCUT2D eigenvalue weighted by Gasteiger charge is 2.63. The minimum atomic E-state index is -4.00. The molecule has 4 amide bonds. The van der Waals surface area contributed by atoms with Crippen LogP contribution in [-0.2, 0) is 26.0 Å².